The molecule has 10 nitrogen and oxygen atoms in total. The van der Waals surface area contributed by atoms with Gasteiger partial charge in [-0.15, -0.1) is 0 Å². The van der Waals surface area contributed by atoms with E-state index in [-0.39, 0.29) is 44.8 Å². The van der Waals surface area contributed by atoms with Crippen molar-refractivity contribution in [1.29, 1.82) is 0 Å². The van der Waals surface area contributed by atoms with Crippen molar-refractivity contribution in [3.8, 4) is 22.6 Å². The maximum atomic E-state index is 13.4. The first kappa shape index (κ1) is 26.6. The largest absolute Gasteiger partial charge is 0.495 e. The quantitative estimate of drug-likeness (QED) is 0.419. The zero-order valence-electron chi connectivity index (χ0n) is 19.5. The molecule has 36 heavy (non-hydrogen) atoms. The zero-order valence-corrected chi connectivity index (χ0v) is 22.7. The smallest absolute Gasteiger partial charge is 0.259 e. The van der Waals surface area contributed by atoms with Gasteiger partial charge in [-0.05, 0) is 6.07 Å². The highest BCUT2D eigenvalue weighted by molar-refractivity contribution is 7.99. The van der Waals surface area contributed by atoms with Crippen LogP contribution in [0.15, 0.2) is 35.1 Å². The fraction of sp³-hybridized carbons (Fsp3) is 0.318. The molecular formula is C22H23Cl2N5O5S2. The first-order valence-corrected chi connectivity index (χ1v) is 14.0. The van der Waals surface area contributed by atoms with Gasteiger partial charge in [0, 0.05) is 47.2 Å². The highest BCUT2D eigenvalue weighted by Crippen LogP contribution is 2.45. The Balaban J connectivity index is 1.75. The molecule has 0 unspecified atom stereocenters. The van der Waals surface area contributed by atoms with Gasteiger partial charge in [-0.1, -0.05) is 29.8 Å². The van der Waals surface area contributed by atoms with Crippen molar-refractivity contribution < 1.29 is 17.9 Å². The highest BCUT2D eigenvalue weighted by atomic mass is 35.5. The number of aryl methyl sites for hydroxylation is 1. The van der Waals surface area contributed by atoms with Gasteiger partial charge in [0.05, 0.1) is 41.9 Å². The van der Waals surface area contributed by atoms with Gasteiger partial charge in [-0.3, -0.25) is 9.36 Å². The molecule has 3 aromatic rings. The molecule has 0 saturated carbocycles. The Bertz CT molecular complexity index is 1480. The van der Waals surface area contributed by atoms with E-state index in [0.717, 1.165) is 5.41 Å². The molecule has 14 heteroatoms. The number of pyridine rings is 1. The molecule has 2 atom stereocenters. The normalized spacial score (nSPS) is 17.8. The zero-order chi connectivity index (χ0) is 26.2. The number of anilines is 1. The van der Waals surface area contributed by atoms with Crippen LogP contribution in [-0.4, -0.2) is 60.8 Å². The van der Waals surface area contributed by atoms with E-state index >= 15 is 0 Å². The average Bonchev–Trinajstić information content (AvgIpc) is 3.28. The van der Waals surface area contributed by atoms with Crippen molar-refractivity contribution in [3.05, 3.63) is 50.7 Å². The number of hydrogen-bond acceptors (Lipinski definition) is 9. The summed E-state index contributed by atoms with van der Waals surface area (Å²) in [5, 5.41) is 4.96. The monoisotopic (exact) mass is 571 g/mol. The number of ether oxygens (including phenoxy) is 2. The van der Waals surface area contributed by atoms with E-state index in [1.165, 1.54) is 18.8 Å². The van der Waals surface area contributed by atoms with Crippen LogP contribution >= 0.6 is 35.0 Å². The van der Waals surface area contributed by atoms with E-state index in [0.29, 0.717) is 34.0 Å². The van der Waals surface area contributed by atoms with Crippen molar-refractivity contribution in [2.24, 2.45) is 7.05 Å². The van der Waals surface area contributed by atoms with E-state index in [9.17, 15) is 13.2 Å². The van der Waals surface area contributed by atoms with Gasteiger partial charge < -0.3 is 14.8 Å². The van der Waals surface area contributed by atoms with Crippen LogP contribution in [0.3, 0.4) is 0 Å². The summed E-state index contributed by atoms with van der Waals surface area (Å²) in [6, 6.07) is 2.54. The summed E-state index contributed by atoms with van der Waals surface area (Å²) >= 11 is 14.7. The summed E-state index contributed by atoms with van der Waals surface area (Å²) in [4.78, 5) is 22.3. The number of fused-ring (bicyclic) bond motifs is 1. The number of nitrogens with zero attached hydrogens (tertiary/aromatic N) is 3. The molecule has 192 valence electrons. The van der Waals surface area contributed by atoms with Crippen molar-refractivity contribution >= 4 is 62.0 Å². The molecule has 0 amide bonds. The second kappa shape index (κ2) is 10.5. The predicted octanol–water partition coefficient (Wildman–Crippen LogP) is 3.28. The van der Waals surface area contributed by atoms with Crippen LogP contribution in [0.1, 0.15) is 0 Å². The number of methoxy groups -OCH3 is 2. The Morgan fingerprint density at radius 1 is 1.17 bits per heavy atom. The molecule has 0 aliphatic carbocycles. The van der Waals surface area contributed by atoms with E-state index in [4.69, 9.17) is 32.7 Å². The fourth-order valence-electron chi connectivity index (χ4n) is 3.86. The maximum Gasteiger partial charge on any atom is 0.259 e. The Labute approximate surface area is 222 Å². The molecule has 2 aromatic heterocycles. The van der Waals surface area contributed by atoms with Crippen LogP contribution in [0.5, 0.6) is 11.5 Å². The summed E-state index contributed by atoms with van der Waals surface area (Å²) in [6.07, 6.45) is 1.57. The molecule has 3 heterocycles. The topological polar surface area (TPSA) is 124 Å². The van der Waals surface area contributed by atoms with Crippen LogP contribution in [0, 0.1) is 0 Å². The van der Waals surface area contributed by atoms with Crippen LogP contribution in [0.4, 0.5) is 5.95 Å². The fourth-order valence-corrected chi connectivity index (χ4v) is 6.71. The lowest BCUT2D eigenvalue weighted by molar-refractivity contribution is 0.395. The number of benzene rings is 1. The predicted molar refractivity (Wildman–Crippen MR) is 144 cm³/mol. The third kappa shape index (κ3) is 5.00. The van der Waals surface area contributed by atoms with Crippen molar-refractivity contribution in [2.45, 2.75) is 12.1 Å². The van der Waals surface area contributed by atoms with Gasteiger partial charge in [0.1, 0.15) is 17.1 Å². The third-order valence-corrected chi connectivity index (χ3v) is 8.73. The Kier molecular flexibility index (Phi) is 7.72. The lowest BCUT2D eigenvalue weighted by Gasteiger charge is -2.21. The minimum atomic E-state index is -3.59. The summed E-state index contributed by atoms with van der Waals surface area (Å²) in [6.45, 7) is 3.33. The molecule has 0 radical (unpaired) electrons. The standard InChI is InChI=1S/C22H23Cl2N5O5S2/c1-5-36(31,32)28-14-10-35-9-13(14)26-22-25-8-11-6-12(21(30)29(2)20(11)27-22)17-18(23)15(33-3)7-16(34-4)19(17)24/h5-8,13-14,28H,1,9-10H2,2-4H3,(H,25,26,27)/t13-,14+/m1/s1. The number of aromatic nitrogens is 3. The molecule has 1 saturated heterocycles. The van der Waals surface area contributed by atoms with Crippen LogP contribution < -0.4 is 25.1 Å². The summed E-state index contributed by atoms with van der Waals surface area (Å²) < 4.78 is 38.5. The second-order valence-electron chi connectivity index (χ2n) is 7.90. The molecule has 1 aliphatic rings. The number of sulfonamides is 1. The van der Waals surface area contributed by atoms with E-state index in [1.54, 1.807) is 37.1 Å². The first-order valence-electron chi connectivity index (χ1n) is 10.6. The van der Waals surface area contributed by atoms with Gasteiger partial charge in [0.25, 0.3) is 5.56 Å². The maximum absolute atomic E-state index is 13.4. The van der Waals surface area contributed by atoms with E-state index in [2.05, 4.69) is 26.6 Å². The summed E-state index contributed by atoms with van der Waals surface area (Å²) in [5.41, 5.74) is 0.490. The number of rotatable bonds is 8. The number of thioether (sulfide) groups is 1. The first-order chi connectivity index (χ1) is 17.1. The van der Waals surface area contributed by atoms with E-state index < -0.39 is 10.0 Å². The SMILES string of the molecule is C=CS(=O)(=O)N[C@H]1CSC[C@H]1Nc1ncc2cc(-c3c(Cl)c(OC)cc(OC)c3Cl)c(=O)n(C)c2n1. The van der Waals surface area contributed by atoms with Crippen LogP contribution in [0.2, 0.25) is 10.0 Å². The third-order valence-electron chi connectivity index (χ3n) is 5.72. The van der Waals surface area contributed by atoms with Gasteiger partial charge in [0.15, 0.2) is 0 Å². The lowest BCUT2D eigenvalue weighted by Crippen LogP contribution is -2.45. The van der Waals surface area contributed by atoms with Gasteiger partial charge >= 0.3 is 0 Å². The molecule has 1 fully saturated rings. The lowest BCUT2D eigenvalue weighted by atomic mass is 10.0. The number of halogens is 2. The van der Waals surface area contributed by atoms with Crippen molar-refractivity contribution in [3.63, 3.8) is 0 Å². The molecule has 1 aliphatic heterocycles. The molecule has 1 aromatic carbocycles. The molecule has 2 N–H and O–H groups in total. The summed E-state index contributed by atoms with van der Waals surface area (Å²) in [7, 11) is 0.898. The molecule has 4 rings (SSSR count). The van der Waals surface area contributed by atoms with Crippen LogP contribution in [-0.2, 0) is 17.1 Å². The molecule has 0 bridgehead atoms. The highest BCUT2D eigenvalue weighted by Gasteiger charge is 2.31. The Morgan fingerprint density at radius 2 is 1.81 bits per heavy atom. The Hall–Kier alpha value is -2.51. The van der Waals surface area contributed by atoms with Gasteiger partial charge in [-0.2, -0.15) is 16.7 Å². The minimum Gasteiger partial charge on any atom is -0.495 e. The van der Waals surface area contributed by atoms with Crippen molar-refractivity contribution in [1.82, 2.24) is 19.3 Å². The molecular weight excluding hydrogens is 549 g/mol. The minimum absolute atomic E-state index is 0.172. The molecule has 0 spiro atoms. The van der Waals surface area contributed by atoms with Crippen molar-refractivity contribution in [2.75, 3.05) is 31.0 Å². The van der Waals surface area contributed by atoms with Gasteiger partial charge in [-0.25, -0.2) is 18.1 Å². The number of hydrogen-bond donors (Lipinski definition) is 2. The second-order valence-corrected chi connectivity index (χ2v) is 11.4. The van der Waals surface area contributed by atoms with E-state index in [1.807, 2.05) is 0 Å². The van der Waals surface area contributed by atoms with Gasteiger partial charge in [0.2, 0.25) is 16.0 Å². The average molecular weight is 572 g/mol. The van der Waals surface area contributed by atoms with Crippen LogP contribution in [0.25, 0.3) is 22.2 Å². The summed E-state index contributed by atoms with van der Waals surface area (Å²) in [5.74, 6) is 2.12. The number of nitrogens with one attached hydrogen (secondary N) is 2. The Morgan fingerprint density at radius 3 is 2.42 bits per heavy atom.